The van der Waals surface area contributed by atoms with E-state index in [-0.39, 0.29) is 0 Å². The SMILES string of the molecule is C1CCC1.CC.CCCCN. The zero-order chi connectivity index (χ0) is 8.95. The Bertz CT molecular complexity index is 34.1. The number of rotatable bonds is 2. The van der Waals surface area contributed by atoms with Crippen LogP contribution in [-0.2, 0) is 0 Å². The van der Waals surface area contributed by atoms with Gasteiger partial charge in [0.25, 0.3) is 0 Å². The van der Waals surface area contributed by atoms with Gasteiger partial charge in [-0.2, -0.15) is 0 Å². The van der Waals surface area contributed by atoms with Gasteiger partial charge in [0.05, 0.1) is 0 Å². The molecule has 0 unspecified atom stereocenters. The summed E-state index contributed by atoms with van der Waals surface area (Å²) >= 11 is 0. The largest absolute Gasteiger partial charge is 0.330 e. The average Bonchev–Trinajstić information content (AvgIpc) is 1.90. The second-order valence-corrected chi connectivity index (χ2v) is 2.56. The van der Waals surface area contributed by atoms with Crippen LogP contribution in [0.2, 0.25) is 0 Å². The molecule has 11 heavy (non-hydrogen) atoms. The van der Waals surface area contributed by atoms with Crippen molar-refractivity contribution in [3.8, 4) is 0 Å². The van der Waals surface area contributed by atoms with Crippen LogP contribution in [0.4, 0.5) is 0 Å². The van der Waals surface area contributed by atoms with E-state index >= 15 is 0 Å². The molecule has 70 valence electrons. The lowest BCUT2D eigenvalue weighted by Gasteiger charge is -2.05. The second kappa shape index (κ2) is 16.5. The molecule has 1 nitrogen and oxygen atoms in total. The molecule has 1 aliphatic rings. The molecule has 0 radical (unpaired) electrons. The lowest BCUT2D eigenvalue weighted by Crippen LogP contribution is -1.95. The molecule has 1 fully saturated rings. The van der Waals surface area contributed by atoms with E-state index in [1.165, 1.54) is 38.5 Å². The van der Waals surface area contributed by atoms with Crippen LogP contribution in [-0.4, -0.2) is 6.54 Å². The summed E-state index contributed by atoms with van der Waals surface area (Å²) in [4.78, 5) is 0. The van der Waals surface area contributed by atoms with Crippen LogP contribution in [0.25, 0.3) is 0 Å². The standard InChI is InChI=1S/C4H11N.C4H8.C2H6/c1-2-3-4-5;1-2-4-3-1;1-2/h2-5H2,1H3;1-4H2;1-2H3. The number of unbranched alkanes of at least 4 members (excludes halogenated alkanes) is 1. The molecule has 0 aliphatic heterocycles. The molecule has 0 bridgehead atoms. The summed E-state index contributed by atoms with van der Waals surface area (Å²) in [6.45, 7) is 6.98. The van der Waals surface area contributed by atoms with Gasteiger partial charge < -0.3 is 5.73 Å². The maximum Gasteiger partial charge on any atom is -0.00774 e. The predicted octanol–water partition coefficient (Wildman–Crippen LogP) is 3.33. The van der Waals surface area contributed by atoms with Gasteiger partial charge in [-0.05, 0) is 13.0 Å². The lowest BCUT2D eigenvalue weighted by molar-refractivity contribution is 0.504. The van der Waals surface area contributed by atoms with E-state index in [2.05, 4.69) is 6.92 Å². The highest BCUT2D eigenvalue weighted by atomic mass is 14.5. The van der Waals surface area contributed by atoms with Gasteiger partial charge in [0.15, 0.2) is 0 Å². The molecule has 0 saturated heterocycles. The van der Waals surface area contributed by atoms with Crippen LogP contribution in [0.5, 0.6) is 0 Å². The Morgan fingerprint density at radius 2 is 1.36 bits per heavy atom. The molecule has 1 heteroatoms. The topological polar surface area (TPSA) is 26.0 Å². The molecule has 0 heterocycles. The monoisotopic (exact) mass is 159 g/mol. The van der Waals surface area contributed by atoms with E-state index in [1.54, 1.807) is 0 Å². The highest BCUT2D eigenvalue weighted by Crippen LogP contribution is 2.15. The molecular weight excluding hydrogens is 134 g/mol. The zero-order valence-electron chi connectivity index (χ0n) is 8.53. The summed E-state index contributed by atoms with van der Waals surface area (Å²) in [7, 11) is 0. The first-order valence-electron chi connectivity index (χ1n) is 5.12. The summed E-state index contributed by atoms with van der Waals surface area (Å²) in [5.74, 6) is 0. The van der Waals surface area contributed by atoms with Crippen LogP contribution < -0.4 is 5.73 Å². The Morgan fingerprint density at radius 3 is 1.36 bits per heavy atom. The van der Waals surface area contributed by atoms with E-state index in [0.717, 1.165) is 6.54 Å². The highest BCUT2D eigenvalue weighted by molar-refractivity contribution is 4.50. The minimum Gasteiger partial charge on any atom is -0.330 e. The van der Waals surface area contributed by atoms with Crippen molar-refractivity contribution in [1.29, 1.82) is 0 Å². The molecule has 0 aromatic carbocycles. The summed E-state index contributed by atoms with van der Waals surface area (Å²) in [6.07, 6.45) is 8.39. The fourth-order valence-corrected chi connectivity index (χ4v) is 0.454. The molecule has 1 rings (SSSR count). The molecule has 0 atom stereocenters. The van der Waals surface area contributed by atoms with Gasteiger partial charge >= 0.3 is 0 Å². The smallest absolute Gasteiger partial charge is 0.00774 e. The van der Waals surface area contributed by atoms with Crippen molar-refractivity contribution in [2.75, 3.05) is 6.54 Å². The maximum absolute atomic E-state index is 5.14. The number of nitrogens with two attached hydrogens (primary N) is 1. The normalized spacial score (nSPS) is 13.1. The summed E-state index contributed by atoms with van der Waals surface area (Å²) in [5.41, 5.74) is 5.14. The molecule has 0 aromatic rings. The Labute approximate surface area is 72.4 Å². The van der Waals surface area contributed by atoms with E-state index in [4.69, 9.17) is 5.73 Å². The van der Waals surface area contributed by atoms with Crippen molar-refractivity contribution in [1.82, 2.24) is 0 Å². The number of hydrogen-bond donors (Lipinski definition) is 1. The van der Waals surface area contributed by atoms with E-state index in [0.29, 0.717) is 0 Å². The van der Waals surface area contributed by atoms with Crippen LogP contribution in [0.15, 0.2) is 0 Å². The summed E-state index contributed by atoms with van der Waals surface area (Å²) < 4.78 is 0. The first kappa shape index (κ1) is 13.5. The minimum atomic E-state index is 0.844. The van der Waals surface area contributed by atoms with Gasteiger partial charge in [0, 0.05) is 0 Å². The third-order valence-electron chi connectivity index (χ3n) is 1.56. The van der Waals surface area contributed by atoms with Crippen molar-refractivity contribution in [3.63, 3.8) is 0 Å². The minimum absolute atomic E-state index is 0.844. The number of hydrogen-bond acceptors (Lipinski definition) is 1. The third-order valence-corrected chi connectivity index (χ3v) is 1.56. The summed E-state index contributed by atoms with van der Waals surface area (Å²) in [6, 6.07) is 0. The fraction of sp³-hybridized carbons (Fsp3) is 1.00. The van der Waals surface area contributed by atoms with E-state index in [1.807, 2.05) is 13.8 Å². The Morgan fingerprint density at radius 1 is 1.00 bits per heavy atom. The Hall–Kier alpha value is -0.0400. The third kappa shape index (κ3) is 17.8. The van der Waals surface area contributed by atoms with Gasteiger partial charge in [0.1, 0.15) is 0 Å². The molecule has 0 aromatic heterocycles. The van der Waals surface area contributed by atoms with E-state index in [9.17, 15) is 0 Å². The van der Waals surface area contributed by atoms with Crippen LogP contribution in [0.3, 0.4) is 0 Å². The summed E-state index contributed by atoms with van der Waals surface area (Å²) in [5, 5.41) is 0. The van der Waals surface area contributed by atoms with Crippen molar-refractivity contribution in [2.45, 2.75) is 59.3 Å². The predicted molar refractivity (Wildman–Crippen MR) is 53.8 cm³/mol. The van der Waals surface area contributed by atoms with Crippen molar-refractivity contribution in [3.05, 3.63) is 0 Å². The van der Waals surface area contributed by atoms with Gasteiger partial charge in [-0.3, -0.25) is 0 Å². The van der Waals surface area contributed by atoms with Gasteiger partial charge in [-0.15, -0.1) is 0 Å². The fourth-order valence-electron chi connectivity index (χ4n) is 0.454. The first-order chi connectivity index (χ1) is 5.41. The Balaban J connectivity index is 0. The Kier molecular flexibility index (Phi) is 20.3. The van der Waals surface area contributed by atoms with Gasteiger partial charge in [0.2, 0.25) is 0 Å². The van der Waals surface area contributed by atoms with Crippen molar-refractivity contribution < 1.29 is 0 Å². The van der Waals surface area contributed by atoms with Crippen LogP contribution in [0.1, 0.15) is 59.3 Å². The second-order valence-electron chi connectivity index (χ2n) is 2.56. The molecule has 2 N–H and O–H groups in total. The average molecular weight is 159 g/mol. The molecule has 0 spiro atoms. The van der Waals surface area contributed by atoms with Crippen molar-refractivity contribution in [2.24, 2.45) is 5.73 Å². The lowest BCUT2D eigenvalue weighted by atomic mass is 10.0. The zero-order valence-corrected chi connectivity index (χ0v) is 8.53. The van der Waals surface area contributed by atoms with Gasteiger partial charge in [-0.1, -0.05) is 52.9 Å². The quantitative estimate of drug-likeness (QED) is 0.657. The van der Waals surface area contributed by atoms with E-state index < -0.39 is 0 Å². The van der Waals surface area contributed by atoms with Crippen LogP contribution >= 0.6 is 0 Å². The highest BCUT2D eigenvalue weighted by Gasteiger charge is 1.95. The van der Waals surface area contributed by atoms with Crippen LogP contribution in [0, 0.1) is 0 Å². The molecular formula is C10H25N. The molecule has 1 aliphatic carbocycles. The maximum atomic E-state index is 5.14. The molecule has 0 amide bonds. The van der Waals surface area contributed by atoms with Gasteiger partial charge in [-0.25, -0.2) is 0 Å². The molecule has 1 saturated carbocycles. The first-order valence-corrected chi connectivity index (χ1v) is 5.12. The van der Waals surface area contributed by atoms with Crippen molar-refractivity contribution >= 4 is 0 Å².